The van der Waals surface area contributed by atoms with E-state index < -0.39 is 6.51 Å². The molecule has 10 saturated heterocycles. The average Bonchev–Trinajstić information content (AvgIpc) is 3.31. The molecule has 10 fully saturated rings. The zero-order chi connectivity index (χ0) is 11.4. The van der Waals surface area contributed by atoms with E-state index in [2.05, 4.69) is 22.9 Å². The molecule has 10 aliphatic rings. The van der Waals surface area contributed by atoms with Crippen molar-refractivity contribution in [2.24, 2.45) is 0 Å². The third-order valence-corrected chi connectivity index (χ3v) is 60.6. The van der Waals surface area contributed by atoms with Gasteiger partial charge < -0.3 is 0 Å². The van der Waals surface area contributed by atoms with Crippen LogP contribution in [-0.2, 0) is 6.51 Å². The Morgan fingerprint density at radius 1 is 0.944 bits per heavy atom. The monoisotopic (exact) mass is 348 g/mol. The molecule has 0 amide bonds. The van der Waals surface area contributed by atoms with Crippen LogP contribution in [0.4, 0.5) is 0 Å². The number of hydrogen-bond donors (Lipinski definition) is 0. The summed E-state index contributed by atoms with van der Waals surface area (Å²) in [6.07, 6.45) is 5.96. The van der Waals surface area contributed by atoms with Crippen molar-refractivity contribution in [2.45, 2.75) is 85.1 Å². The molecule has 0 N–H and O–H groups in total. The van der Waals surface area contributed by atoms with Crippen molar-refractivity contribution < 1.29 is 6.51 Å². The zero-order valence-electron chi connectivity index (χ0n) is 10.8. The molecule has 5 unspecified atom stereocenters. The number of unbranched alkanes of at least 4 members (excludes halogenated alkanes) is 2. The van der Waals surface area contributed by atoms with E-state index in [0.717, 1.165) is 9.14 Å². The first-order chi connectivity index (χ1) is 8.53. The summed E-state index contributed by atoms with van der Waals surface area (Å²) in [7, 11) is 0. The van der Waals surface area contributed by atoms with Crippen LogP contribution >= 0.6 is 15.9 Å². The summed E-state index contributed by atoms with van der Waals surface area (Å²) in [6.45, 7) is -0.382. The summed E-state index contributed by atoms with van der Waals surface area (Å²) < 4.78 is 1.12. The first-order valence-electron chi connectivity index (χ1n) is 8.38. The predicted octanol–water partition coefficient (Wildman–Crippen LogP) is 6.09. The topological polar surface area (TPSA) is 0 Å². The van der Waals surface area contributed by atoms with Gasteiger partial charge in [-0.2, -0.15) is 0 Å². The third kappa shape index (κ3) is 0.0860. The van der Waals surface area contributed by atoms with Crippen molar-refractivity contribution in [3.8, 4) is 0 Å². The number of fused-ring (bicyclic) bond motifs is 10. The molecule has 0 nitrogen and oxygen atoms in total. The fraction of sp³-hybridized carbons (Fsp3) is 1.00. The van der Waals surface area contributed by atoms with Crippen molar-refractivity contribution in [2.75, 3.05) is 0 Å². The van der Waals surface area contributed by atoms with Gasteiger partial charge in [-0.3, -0.25) is 0 Å². The molecule has 0 radical (unpaired) electrons. The first kappa shape index (κ1) is 7.85. The summed E-state index contributed by atoms with van der Waals surface area (Å²) in [6, 6.07) is 0. The minimum absolute atomic E-state index is 1.02. The summed E-state index contributed by atoms with van der Waals surface area (Å²) in [5.74, 6) is 0. The molecule has 10 heterocycles. The van der Waals surface area contributed by atoms with Gasteiger partial charge in [0.05, 0.1) is 0 Å². The van der Waals surface area contributed by atoms with Gasteiger partial charge in [-0.15, -0.1) is 0 Å². The van der Waals surface area contributed by atoms with Crippen molar-refractivity contribution in [3.63, 3.8) is 0 Å². The SMILES string of the molecule is CCCCCC(Br)[C]12[CH]3[CH]4[CH]5[CH]1[Fe]45321678[CH]2[CH]1[CH]6[CH]7[CH]28. The fourth-order valence-electron chi connectivity index (χ4n) is 18.0. The van der Waals surface area contributed by atoms with Gasteiger partial charge >= 0.3 is 108 Å². The van der Waals surface area contributed by atoms with Gasteiger partial charge in [0, 0.05) is 0 Å². The van der Waals surface area contributed by atoms with E-state index in [4.69, 9.17) is 0 Å². The van der Waals surface area contributed by atoms with Gasteiger partial charge in [0.15, 0.2) is 0 Å². The Bertz CT molecular complexity index is 865. The van der Waals surface area contributed by atoms with Crippen molar-refractivity contribution in [1.82, 2.24) is 0 Å². The van der Waals surface area contributed by atoms with Crippen LogP contribution in [0.3, 0.4) is 0 Å². The number of rotatable bonds is 5. The molecule has 0 bridgehead atoms. The summed E-state index contributed by atoms with van der Waals surface area (Å²) in [5, 5.41) is 0. The molecule has 100 valence electrons. The minimum atomic E-state index is -2.74. The summed E-state index contributed by atoms with van der Waals surface area (Å²) in [5.41, 5.74) is 0. The second kappa shape index (κ2) is 0.703. The van der Waals surface area contributed by atoms with Crippen LogP contribution in [0.15, 0.2) is 0 Å². The van der Waals surface area contributed by atoms with Crippen molar-refractivity contribution in [1.29, 1.82) is 0 Å². The van der Waals surface area contributed by atoms with Gasteiger partial charge in [0.2, 0.25) is 0 Å². The van der Waals surface area contributed by atoms with E-state index in [-0.39, 0.29) is 0 Å². The standard InChI is InChI=1S/C11H16Br.C5H5.Fe/c1-2-3-4-9-11(12)10-7-5-6-8-10;1-2-4-5-3-1;/h5-8,11H,2-4,9H2,1H3;1-5H;. The molecule has 10 rings (SSSR count). The van der Waals surface area contributed by atoms with E-state index in [9.17, 15) is 0 Å². The molecular formula is C16H21BrFe. The van der Waals surface area contributed by atoms with Gasteiger partial charge in [-0.1, -0.05) is 0 Å². The van der Waals surface area contributed by atoms with Crippen molar-refractivity contribution in [3.05, 3.63) is 0 Å². The zero-order valence-corrected chi connectivity index (χ0v) is 13.5. The van der Waals surface area contributed by atoms with E-state index in [1.165, 1.54) is 62.6 Å². The van der Waals surface area contributed by atoms with Crippen LogP contribution in [0.25, 0.3) is 0 Å². The molecule has 2 heteroatoms. The van der Waals surface area contributed by atoms with Gasteiger partial charge in [0.1, 0.15) is 0 Å². The first-order valence-corrected chi connectivity index (χ1v) is 15.6. The molecule has 0 aromatic carbocycles. The second-order valence-electron chi connectivity index (χ2n) is 11.7. The van der Waals surface area contributed by atoms with E-state index in [1.807, 2.05) is 0 Å². The normalized spacial score (nSPS) is 115. The molecular weight excluding hydrogens is 328 g/mol. The Labute approximate surface area is 107 Å². The summed E-state index contributed by atoms with van der Waals surface area (Å²) in [4.78, 5) is 14.6. The number of alkyl halides is 1. The fourth-order valence-corrected chi connectivity index (χ4v) is 97.8. The van der Waals surface area contributed by atoms with Gasteiger partial charge in [0.25, 0.3) is 0 Å². The van der Waals surface area contributed by atoms with Crippen LogP contribution in [0.5, 0.6) is 0 Å². The maximum absolute atomic E-state index is 4.31. The van der Waals surface area contributed by atoms with E-state index >= 15 is 0 Å². The predicted molar refractivity (Wildman–Crippen MR) is 73.3 cm³/mol. The Morgan fingerprint density at radius 3 is 1.83 bits per heavy atom. The number of hydrogen-bond acceptors (Lipinski definition) is 0. The Balaban J connectivity index is 1.32. The van der Waals surface area contributed by atoms with Crippen LogP contribution in [0.2, 0.25) is 47.7 Å². The van der Waals surface area contributed by atoms with Crippen LogP contribution in [0, 0.1) is 0 Å². The molecule has 0 aromatic heterocycles. The third-order valence-electron chi connectivity index (χ3n) is 16.3. The molecule has 5 atom stereocenters. The Hall–Kier alpha value is 0.999. The Morgan fingerprint density at radius 2 is 1.50 bits per heavy atom. The quantitative estimate of drug-likeness (QED) is 0.320. The average molecular weight is 349 g/mol. The van der Waals surface area contributed by atoms with Gasteiger partial charge in [-0.25, -0.2) is 0 Å². The maximum atomic E-state index is 4.31. The van der Waals surface area contributed by atoms with E-state index in [1.54, 1.807) is 6.42 Å². The van der Waals surface area contributed by atoms with Crippen LogP contribution in [-0.4, -0.2) is 4.83 Å². The molecule has 18 heavy (non-hydrogen) atoms. The van der Waals surface area contributed by atoms with E-state index in [0.29, 0.717) is 0 Å². The van der Waals surface area contributed by atoms with Crippen LogP contribution in [0.1, 0.15) is 32.6 Å². The molecule has 0 saturated carbocycles. The van der Waals surface area contributed by atoms with Crippen LogP contribution < -0.4 is 0 Å². The number of halogens is 1. The van der Waals surface area contributed by atoms with Crippen molar-refractivity contribution >= 4 is 15.9 Å². The molecule has 0 aromatic rings. The molecule has 0 aliphatic carbocycles. The molecule has 10 aliphatic heterocycles. The molecule has 1 spiro atoms. The second-order valence-corrected chi connectivity index (χ2v) is 36.4. The summed E-state index contributed by atoms with van der Waals surface area (Å²) >= 11 is 4.31. The van der Waals surface area contributed by atoms with Gasteiger partial charge in [-0.05, 0) is 0 Å². The Kier molecular flexibility index (Phi) is 0.307.